The Kier molecular flexibility index (Phi) is 5.26. The standard InChI is InChI=1S/C19H24N2O4/c1-13(2)20-19(23)15-7-9-21(10-8-15)18(22)6-4-14-3-5-16-17(11-14)25-12-24-16/h3-6,11,13,15H,7-10,12H2,1-2H3,(H,20,23). The van der Waals surface area contributed by atoms with Gasteiger partial charge in [-0.15, -0.1) is 0 Å². The fraction of sp³-hybridized carbons (Fsp3) is 0.474. The topological polar surface area (TPSA) is 67.9 Å². The summed E-state index contributed by atoms with van der Waals surface area (Å²) in [7, 11) is 0. The normalized spacial score (nSPS) is 17.3. The highest BCUT2D eigenvalue weighted by atomic mass is 16.7. The Labute approximate surface area is 147 Å². The van der Waals surface area contributed by atoms with E-state index in [2.05, 4.69) is 5.32 Å². The number of fused-ring (bicyclic) bond motifs is 1. The van der Waals surface area contributed by atoms with Crippen LogP contribution in [0.4, 0.5) is 0 Å². The molecule has 134 valence electrons. The van der Waals surface area contributed by atoms with Gasteiger partial charge < -0.3 is 19.7 Å². The first kappa shape index (κ1) is 17.3. The first-order valence-corrected chi connectivity index (χ1v) is 8.70. The van der Waals surface area contributed by atoms with Crippen molar-refractivity contribution in [1.82, 2.24) is 10.2 Å². The van der Waals surface area contributed by atoms with Crippen LogP contribution in [0.15, 0.2) is 24.3 Å². The summed E-state index contributed by atoms with van der Waals surface area (Å²) >= 11 is 0. The summed E-state index contributed by atoms with van der Waals surface area (Å²) in [4.78, 5) is 26.2. The van der Waals surface area contributed by atoms with Crippen molar-refractivity contribution in [2.75, 3.05) is 19.9 Å². The maximum Gasteiger partial charge on any atom is 0.246 e. The second-order valence-corrected chi connectivity index (χ2v) is 6.71. The number of carbonyl (C=O) groups excluding carboxylic acids is 2. The molecular formula is C19H24N2O4. The minimum absolute atomic E-state index is 0.00397. The van der Waals surface area contributed by atoms with Gasteiger partial charge in [-0.1, -0.05) is 6.07 Å². The molecule has 0 aliphatic carbocycles. The van der Waals surface area contributed by atoms with Gasteiger partial charge in [0, 0.05) is 31.1 Å². The van der Waals surface area contributed by atoms with Gasteiger partial charge in [0.25, 0.3) is 0 Å². The van der Waals surface area contributed by atoms with Crippen LogP contribution in [0.1, 0.15) is 32.3 Å². The maximum absolute atomic E-state index is 12.3. The van der Waals surface area contributed by atoms with Gasteiger partial charge in [0.15, 0.2) is 11.5 Å². The molecule has 1 aromatic rings. The highest BCUT2D eigenvalue weighted by Gasteiger charge is 2.26. The molecular weight excluding hydrogens is 320 g/mol. The Morgan fingerprint density at radius 2 is 1.92 bits per heavy atom. The van der Waals surface area contributed by atoms with Crippen LogP contribution in [0.3, 0.4) is 0 Å². The number of likely N-dealkylation sites (tertiary alicyclic amines) is 1. The van der Waals surface area contributed by atoms with Crippen LogP contribution in [0.2, 0.25) is 0 Å². The predicted molar refractivity (Wildman–Crippen MR) is 94.2 cm³/mol. The van der Waals surface area contributed by atoms with Crippen LogP contribution >= 0.6 is 0 Å². The molecule has 1 aromatic carbocycles. The molecule has 2 aliphatic rings. The number of hydrogen-bond acceptors (Lipinski definition) is 4. The zero-order chi connectivity index (χ0) is 17.8. The van der Waals surface area contributed by atoms with Gasteiger partial charge in [0.05, 0.1) is 0 Å². The molecule has 0 radical (unpaired) electrons. The molecule has 1 N–H and O–H groups in total. The fourth-order valence-corrected chi connectivity index (χ4v) is 3.05. The number of benzene rings is 1. The van der Waals surface area contributed by atoms with Crippen molar-refractivity contribution < 1.29 is 19.1 Å². The van der Waals surface area contributed by atoms with Crippen molar-refractivity contribution in [3.05, 3.63) is 29.8 Å². The number of carbonyl (C=O) groups is 2. The summed E-state index contributed by atoms with van der Waals surface area (Å²) in [6.45, 7) is 5.37. The molecule has 6 nitrogen and oxygen atoms in total. The summed E-state index contributed by atoms with van der Waals surface area (Å²) in [6, 6.07) is 5.73. The van der Waals surface area contributed by atoms with Crippen LogP contribution in [0.25, 0.3) is 6.08 Å². The summed E-state index contributed by atoms with van der Waals surface area (Å²) in [5.41, 5.74) is 0.892. The molecule has 2 aliphatic heterocycles. The largest absolute Gasteiger partial charge is 0.454 e. The molecule has 0 spiro atoms. The van der Waals surface area contributed by atoms with Crippen molar-refractivity contribution in [2.24, 2.45) is 5.92 Å². The minimum Gasteiger partial charge on any atom is -0.454 e. The first-order chi connectivity index (χ1) is 12.0. The van der Waals surface area contributed by atoms with Crippen LogP contribution in [0, 0.1) is 5.92 Å². The van der Waals surface area contributed by atoms with E-state index in [4.69, 9.17) is 9.47 Å². The third kappa shape index (κ3) is 4.32. The Hall–Kier alpha value is -2.50. The maximum atomic E-state index is 12.3. The highest BCUT2D eigenvalue weighted by Crippen LogP contribution is 2.32. The number of hydrogen-bond donors (Lipinski definition) is 1. The smallest absolute Gasteiger partial charge is 0.246 e. The van der Waals surface area contributed by atoms with E-state index in [0.717, 1.165) is 11.3 Å². The van der Waals surface area contributed by atoms with E-state index in [9.17, 15) is 9.59 Å². The predicted octanol–water partition coefficient (Wildman–Crippen LogP) is 2.19. The molecule has 0 saturated carbocycles. The van der Waals surface area contributed by atoms with Crippen LogP contribution in [-0.2, 0) is 9.59 Å². The minimum atomic E-state index is -0.0274. The van der Waals surface area contributed by atoms with Gasteiger partial charge in [-0.3, -0.25) is 9.59 Å². The van der Waals surface area contributed by atoms with Gasteiger partial charge in [-0.25, -0.2) is 0 Å². The molecule has 2 heterocycles. The van der Waals surface area contributed by atoms with Gasteiger partial charge in [0.2, 0.25) is 18.6 Å². The Balaban J connectivity index is 1.52. The summed E-state index contributed by atoms with van der Waals surface area (Å²) in [5.74, 6) is 1.50. The second kappa shape index (κ2) is 7.59. The fourth-order valence-electron chi connectivity index (χ4n) is 3.05. The highest BCUT2D eigenvalue weighted by molar-refractivity contribution is 5.92. The second-order valence-electron chi connectivity index (χ2n) is 6.71. The van der Waals surface area contributed by atoms with Crippen LogP contribution < -0.4 is 14.8 Å². The monoisotopic (exact) mass is 344 g/mol. The summed E-state index contributed by atoms with van der Waals surface area (Å²) < 4.78 is 10.6. The SMILES string of the molecule is CC(C)NC(=O)C1CCN(C(=O)C=Cc2ccc3c(c2)OCO3)CC1. The van der Waals surface area contributed by atoms with Crippen molar-refractivity contribution in [2.45, 2.75) is 32.7 Å². The lowest BCUT2D eigenvalue weighted by Gasteiger charge is -2.31. The lowest BCUT2D eigenvalue weighted by atomic mass is 9.95. The van der Waals surface area contributed by atoms with Gasteiger partial charge in [0.1, 0.15) is 0 Å². The summed E-state index contributed by atoms with van der Waals surface area (Å²) in [5, 5.41) is 2.95. The van der Waals surface area contributed by atoms with E-state index < -0.39 is 0 Å². The summed E-state index contributed by atoms with van der Waals surface area (Å²) in [6.07, 6.45) is 4.78. The molecule has 2 amide bonds. The Bertz CT molecular complexity index is 676. The quantitative estimate of drug-likeness (QED) is 0.850. The third-order valence-electron chi connectivity index (χ3n) is 4.42. The lowest BCUT2D eigenvalue weighted by molar-refractivity contribution is -0.132. The average molecular weight is 344 g/mol. The zero-order valence-corrected chi connectivity index (χ0v) is 14.7. The van der Waals surface area contributed by atoms with Gasteiger partial charge in [-0.2, -0.15) is 0 Å². The van der Waals surface area contributed by atoms with Crippen molar-refractivity contribution >= 4 is 17.9 Å². The van der Waals surface area contributed by atoms with E-state index in [1.165, 1.54) is 0 Å². The molecule has 6 heteroatoms. The number of ether oxygens (including phenoxy) is 2. The van der Waals surface area contributed by atoms with Crippen molar-refractivity contribution in [3.63, 3.8) is 0 Å². The van der Waals surface area contributed by atoms with Crippen LogP contribution in [0.5, 0.6) is 11.5 Å². The number of piperidine rings is 1. The van der Waals surface area contributed by atoms with E-state index in [1.54, 1.807) is 17.1 Å². The molecule has 0 bridgehead atoms. The molecule has 25 heavy (non-hydrogen) atoms. The van der Waals surface area contributed by atoms with E-state index in [1.807, 2.05) is 32.0 Å². The lowest BCUT2D eigenvalue weighted by Crippen LogP contribution is -2.43. The number of nitrogens with zero attached hydrogens (tertiary/aromatic N) is 1. The van der Waals surface area contributed by atoms with Gasteiger partial charge >= 0.3 is 0 Å². The molecule has 0 unspecified atom stereocenters. The number of rotatable bonds is 4. The van der Waals surface area contributed by atoms with Crippen molar-refractivity contribution in [3.8, 4) is 11.5 Å². The molecule has 1 fully saturated rings. The third-order valence-corrected chi connectivity index (χ3v) is 4.42. The molecule has 1 saturated heterocycles. The average Bonchev–Trinajstić information content (AvgIpc) is 3.07. The van der Waals surface area contributed by atoms with Gasteiger partial charge in [-0.05, 0) is 50.5 Å². The molecule has 3 rings (SSSR count). The first-order valence-electron chi connectivity index (χ1n) is 8.70. The van der Waals surface area contributed by atoms with E-state index in [-0.39, 0.29) is 30.6 Å². The van der Waals surface area contributed by atoms with E-state index in [0.29, 0.717) is 31.7 Å². The number of nitrogens with one attached hydrogen (secondary N) is 1. The zero-order valence-electron chi connectivity index (χ0n) is 14.7. The number of amides is 2. The van der Waals surface area contributed by atoms with Crippen LogP contribution in [-0.4, -0.2) is 42.6 Å². The Morgan fingerprint density at radius 1 is 1.20 bits per heavy atom. The Morgan fingerprint density at radius 3 is 2.64 bits per heavy atom. The van der Waals surface area contributed by atoms with Crippen molar-refractivity contribution in [1.29, 1.82) is 0 Å². The molecule has 0 atom stereocenters. The van der Waals surface area contributed by atoms with E-state index >= 15 is 0 Å². The molecule has 0 aromatic heterocycles.